The first-order valence-corrected chi connectivity index (χ1v) is 14.8. The summed E-state index contributed by atoms with van der Waals surface area (Å²) in [5.74, 6) is -0.170. The number of likely N-dealkylation sites (tertiary alicyclic amines) is 2. The second-order valence-electron chi connectivity index (χ2n) is 12.9. The van der Waals surface area contributed by atoms with Gasteiger partial charge >= 0.3 is 0 Å². The highest BCUT2D eigenvalue weighted by Crippen LogP contribution is 2.64. The van der Waals surface area contributed by atoms with Crippen molar-refractivity contribution in [2.45, 2.75) is 45.3 Å². The molecule has 4 unspecified atom stereocenters. The van der Waals surface area contributed by atoms with Crippen molar-refractivity contribution in [3.63, 3.8) is 0 Å². The number of carbonyl (C=O) groups is 3. The molecule has 2 aliphatic heterocycles. The highest BCUT2D eigenvalue weighted by molar-refractivity contribution is 6.29. The zero-order valence-corrected chi connectivity index (χ0v) is 25.4. The Bertz CT molecular complexity index is 1660. The first-order valence-electron chi connectivity index (χ1n) is 14.4. The van der Waals surface area contributed by atoms with Crippen LogP contribution in [0.5, 0.6) is 0 Å². The second-order valence-corrected chi connectivity index (χ2v) is 13.2. The number of rotatable bonds is 5. The van der Waals surface area contributed by atoms with E-state index in [4.69, 9.17) is 11.6 Å². The molecule has 1 aromatic carbocycles. The molecule has 3 aromatic heterocycles. The standard InChI is InChI=1S/C22H28N4O2.C11H7ClN2O/c1-21(2,3)18(20(28)26-11-17-22(10-16(22)26)12-25(17)4)24-19(27)15-9-13-7-5-6-8-14(13)23-15;12-11-3-1-2-10(14-11)8-4-5-9(7-15)13-6-8/h5-9,16-18,23H,10-12H2,1-4H3,(H,24,27);1-7H. The molecule has 2 N–H and O–H groups in total. The number of nitrogens with zero attached hydrogens (tertiary/aromatic N) is 4. The highest BCUT2D eigenvalue weighted by atomic mass is 35.5. The molecule has 5 heterocycles. The minimum absolute atomic E-state index is 0.0571. The number of benzene rings is 1. The van der Waals surface area contributed by atoms with Gasteiger partial charge in [-0.15, -0.1) is 0 Å². The van der Waals surface area contributed by atoms with Crippen LogP contribution < -0.4 is 5.32 Å². The fourth-order valence-electron chi connectivity index (χ4n) is 6.55. The van der Waals surface area contributed by atoms with E-state index < -0.39 is 6.04 Å². The van der Waals surface area contributed by atoms with Gasteiger partial charge in [0.05, 0.1) is 5.69 Å². The van der Waals surface area contributed by atoms with Gasteiger partial charge in [0.2, 0.25) is 5.91 Å². The molecule has 0 bridgehead atoms. The van der Waals surface area contributed by atoms with Gasteiger partial charge in [-0.05, 0) is 55.3 Å². The SMILES string of the molecule is CN1CC23CC2N(C(=O)C(NC(=O)c2cc4ccccc4[nH]2)C(C)(C)C)CC13.O=Cc1ccc(-c2cccc(Cl)n2)cn1. The number of H-pyrrole nitrogens is 1. The van der Waals surface area contributed by atoms with Crippen LogP contribution in [-0.2, 0) is 4.79 Å². The third-order valence-corrected chi connectivity index (χ3v) is 9.14. The lowest BCUT2D eigenvalue weighted by Gasteiger charge is -2.44. The molecule has 0 radical (unpaired) electrons. The molecule has 9 nitrogen and oxygen atoms in total. The predicted octanol–water partition coefficient (Wildman–Crippen LogP) is 4.84. The van der Waals surface area contributed by atoms with Crippen molar-refractivity contribution in [2.24, 2.45) is 10.8 Å². The molecule has 10 heteroatoms. The van der Waals surface area contributed by atoms with Gasteiger partial charge in [-0.1, -0.05) is 56.6 Å². The summed E-state index contributed by atoms with van der Waals surface area (Å²) in [6.07, 6.45) is 3.41. The van der Waals surface area contributed by atoms with E-state index in [-0.39, 0.29) is 17.2 Å². The molecule has 222 valence electrons. The number of aromatic nitrogens is 3. The maximum atomic E-state index is 13.5. The van der Waals surface area contributed by atoms with Crippen LogP contribution in [0.25, 0.3) is 22.2 Å². The number of halogens is 1. The summed E-state index contributed by atoms with van der Waals surface area (Å²) in [5.41, 5.74) is 3.37. The predicted molar refractivity (Wildman–Crippen MR) is 166 cm³/mol. The Morgan fingerprint density at radius 3 is 2.53 bits per heavy atom. The molecule has 1 saturated carbocycles. The van der Waals surface area contributed by atoms with Gasteiger partial charge in [0.15, 0.2) is 6.29 Å². The van der Waals surface area contributed by atoms with Crippen LogP contribution in [0.1, 0.15) is 48.2 Å². The monoisotopic (exact) mass is 598 g/mol. The van der Waals surface area contributed by atoms with Crippen molar-refractivity contribution >= 4 is 40.6 Å². The lowest BCUT2D eigenvalue weighted by molar-refractivity contribution is -0.135. The number of pyridine rings is 2. The van der Waals surface area contributed by atoms with Crippen molar-refractivity contribution in [3.8, 4) is 11.3 Å². The molecule has 1 spiro atoms. The number of fused-ring (bicyclic) bond motifs is 1. The number of hydrogen-bond acceptors (Lipinski definition) is 6. The average molecular weight is 599 g/mol. The van der Waals surface area contributed by atoms with Crippen molar-refractivity contribution in [1.29, 1.82) is 0 Å². The quantitative estimate of drug-likeness (QED) is 0.251. The third-order valence-electron chi connectivity index (χ3n) is 8.93. The minimum atomic E-state index is -0.549. The normalized spacial score (nSPS) is 22.9. The summed E-state index contributed by atoms with van der Waals surface area (Å²) in [4.78, 5) is 52.5. The third kappa shape index (κ3) is 5.43. The van der Waals surface area contributed by atoms with Gasteiger partial charge in [0.25, 0.3) is 5.91 Å². The number of para-hydroxylation sites is 1. The maximum Gasteiger partial charge on any atom is 0.268 e. The fraction of sp³-hybridized carbons (Fsp3) is 0.364. The van der Waals surface area contributed by atoms with Gasteiger partial charge in [-0.3, -0.25) is 19.4 Å². The molecule has 3 fully saturated rings. The molecule has 2 amide bonds. The number of carbonyl (C=O) groups excluding carboxylic acids is 3. The number of aldehydes is 1. The molecule has 2 saturated heterocycles. The number of amides is 2. The van der Waals surface area contributed by atoms with Crippen LogP contribution >= 0.6 is 11.6 Å². The van der Waals surface area contributed by atoms with Gasteiger partial charge in [-0.25, -0.2) is 4.98 Å². The van der Waals surface area contributed by atoms with Gasteiger partial charge < -0.3 is 20.1 Å². The molecule has 3 aliphatic rings. The number of piperidine rings is 1. The summed E-state index contributed by atoms with van der Waals surface area (Å²) in [6, 6.07) is 18.7. The lowest BCUT2D eigenvalue weighted by atomic mass is 9.85. The molecule has 4 aromatic rings. The number of hydrogen-bond donors (Lipinski definition) is 2. The Morgan fingerprint density at radius 2 is 1.91 bits per heavy atom. The Hall–Kier alpha value is -4.08. The zero-order chi connectivity index (χ0) is 30.5. The average Bonchev–Trinajstić information content (AvgIpc) is 3.45. The number of aromatic amines is 1. The smallest absolute Gasteiger partial charge is 0.268 e. The van der Waals surface area contributed by atoms with E-state index in [1.165, 1.54) is 0 Å². The summed E-state index contributed by atoms with van der Waals surface area (Å²) in [6.45, 7) is 7.92. The summed E-state index contributed by atoms with van der Waals surface area (Å²) in [7, 11) is 2.14. The Morgan fingerprint density at radius 1 is 1.12 bits per heavy atom. The summed E-state index contributed by atoms with van der Waals surface area (Å²) < 4.78 is 0. The first-order chi connectivity index (χ1) is 20.5. The van der Waals surface area contributed by atoms with Gasteiger partial charge in [0.1, 0.15) is 22.6 Å². The van der Waals surface area contributed by atoms with Crippen molar-refractivity contribution in [1.82, 2.24) is 30.1 Å². The van der Waals surface area contributed by atoms with Crippen LogP contribution in [0, 0.1) is 10.8 Å². The largest absolute Gasteiger partial charge is 0.351 e. The van der Waals surface area contributed by atoms with Crippen molar-refractivity contribution in [3.05, 3.63) is 83.4 Å². The van der Waals surface area contributed by atoms with Crippen LogP contribution in [0.15, 0.2) is 66.9 Å². The van der Waals surface area contributed by atoms with E-state index in [0.29, 0.717) is 40.3 Å². The molecule has 1 aliphatic carbocycles. The zero-order valence-electron chi connectivity index (χ0n) is 24.7. The Kier molecular flexibility index (Phi) is 7.34. The molecular formula is C33H35ClN6O3. The van der Waals surface area contributed by atoms with Crippen LogP contribution in [0.3, 0.4) is 0 Å². The van der Waals surface area contributed by atoms with Crippen LogP contribution in [0.2, 0.25) is 5.15 Å². The van der Waals surface area contributed by atoms with E-state index in [2.05, 4.69) is 32.2 Å². The summed E-state index contributed by atoms with van der Waals surface area (Å²) >= 11 is 5.77. The highest BCUT2D eigenvalue weighted by Gasteiger charge is 2.74. The minimum Gasteiger partial charge on any atom is -0.351 e. The van der Waals surface area contributed by atoms with E-state index in [9.17, 15) is 14.4 Å². The van der Waals surface area contributed by atoms with E-state index >= 15 is 0 Å². The molecule has 7 rings (SSSR count). The fourth-order valence-corrected chi connectivity index (χ4v) is 6.71. The first kappa shape index (κ1) is 29.0. The van der Waals surface area contributed by atoms with Crippen molar-refractivity contribution in [2.75, 3.05) is 20.1 Å². The molecular weight excluding hydrogens is 564 g/mol. The van der Waals surface area contributed by atoms with Crippen molar-refractivity contribution < 1.29 is 14.4 Å². The topological polar surface area (TPSA) is 111 Å². The van der Waals surface area contributed by atoms with E-state index in [1.54, 1.807) is 24.4 Å². The Labute approximate surface area is 255 Å². The van der Waals surface area contributed by atoms with E-state index in [1.807, 2.05) is 68.1 Å². The summed E-state index contributed by atoms with van der Waals surface area (Å²) in [5, 5.41) is 4.46. The lowest BCUT2D eigenvalue weighted by Crippen LogP contribution is -2.57. The van der Waals surface area contributed by atoms with Gasteiger partial charge in [-0.2, -0.15) is 0 Å². The van der Waals surface area contributed by atoms with Gasteiger partial charge in [0, 0.05) is 53.3 Å². The molecule has 4 atom stereocenters. The Balaban J connectivity index is 0.000000185. The maximum absolute atomic E-state index is 13.5. The molecule has 43 heavy (non-hydrogen) atoms. The number of nitrogens with one attached hydrogen (secondary N) is 2. The van der Waals surface area contributed by atoms with Crippen LogP contribution in [-0.4, -0.2) is 81.1 Å². The van der Waals surface area contributed by atoms with E-state index in [0.717, 1.165) is 41.7 Å². The second kappa shape index (κ2) is 10.9. The number of likely N-dealkylation sites (N-methyl/N-ethyl adjacent to an activating group) is 1. The van der Waals surface area contributed by atoms with Crippen LogP contribution in [0.4, 0.5) is 0 Å².